The van der Waals surface area contributed by atoms with Crippen LogP contribution in [0.3, 0.4) is 0 Å². The van der Waals surface area contributed by atoms with Gasteiger partial charge < -0.3 is 10.5 Å². The number of methoxy groups -OCH3 is 1. The minimum absolute atomic E-state index is 0.250. The summed E-state index contributed by atoms with van der Waals surface area (Å²) in [6.45, 7) is 0. The van der Waals surface area contributed by atoms with Crippen molar-refractivity contribution in [3.05, 3.63) is 39.9 Å². The van der Waals surface area contributed by atoms with Crippen LogP contribution in [-0.4, -0.2) is 13.2 Å². The summed E-state index contributed by atoms with van der Waals surface area (Å²) in [6, 6.07) is 6.49. The van der Waals surface area contributed by atoms with Crippen molar-refractivity contribution >= 4 is 15.9 Å². The lowest BCUT2D eigenvalue weighted by Crippen LogP contribution is -2.20. The van der Waals surface area contributed by atoms with Crippen LogP contribution in [0, 0.1) is 0 Å². The van der Waals surface area contributed by atoms with Gasteiger partial charge in [0.25, 0.3) is 0 Å². The van der Waals surface area contributed by atoms with Gasteiger partial charge in [0.2, 0.25) is 0 Å². The van der Waals surface area contributed by atoms with Gasteiger partial charge in [-0.2, -0.15) is 0 Å². The van der Waals surface area contributed by atoms with Gasteiger partial charge in [0, 0.05) is 6.04 Å². The average Bonchev–Trinajstić information content (AvgIpc) is 2.29. The summed E-state index contributed by atoms with van der Waals surface area (Å²) in [7, 11) is 1.68. The molecule has 0 spiro atoms. The Labute approximate surface area is 111 Å². The van der Waals surface area contributed by atoms with Gasteiger partial charge in [-0.15, -0.1) is 0 Å². The average molecular weight is 296 g/mol. The molecule has 0 radical (unpaired) electrons. The van der Waals surface area contributed by atoms with Crippen LogP contribution in [0.25, 0.3) is 0 Å². The smallest absolute Gasteiger partial charge is 0.133 e. The molecule has 0 amide bonds. The monoisotopic (exact) mass is 295 g/mol. The highest BCUT2D eigenvalue weighted by atomic mass is 79.9. The van der Waals surface area contributed by atoms with Gasteiger partial charge in [-0.25, -0.2) is 0 Å². The zero-order valence-electron chi connectivity index (χ0n) is 10.1. The van der Waals surface area contributed by atoms with Crippen LogP contribution in [0.4, 0.5) is 0 Å². The largest absolute Gasteiger partial charge is 0.496 e. The molecule has 2 rings (SSSR count). The Morgan fingerprint density at radius 2 is 2.29 bits per heavy atom. The zero-order valence-corrected chi connectivity index (χ0v) is 11.7. The Bertz CT molecular complexity index is 428. The minimum Gasteiger partial charge on any atom is -0.496 e. The third kappa shape index (κ3) is 3.33. The Balaban J connectivity index is 2.11. The van der Waals surface area contributed by atoms with Gasteiger partial charge in [-0.3, -0.25) is 0 Å². The lowest BCUT2D eigenvalue weighted by atomic mass is 9.92. The number of halogens is 1. The molecule has 0 aromatic heterocycles. The van der Waals surface area contributed by atoms with E-state index in [0.29, 0.717) is 0 Å². The normalized spacial score (nSPS) is 19.9. The second-order valence-corrected chi connectivity index (χ2v) is 5.38. The summed E-state index contributed by atoms with van der Waals surface area (Å²) in [5.74, 6) is 0.878. The van der Waals surface area contributed by atoms with Crippen molar-refractivity contribution in [1.82, 2.24) is 0 Å². The first kappa shape index (κ1) is 12.7. The van der Waals surface area contributed by atoms with E-state index in [1.165, 1.54) is 24.0 Å². The molecule has 2 N–H and O–H groups in total. The van der Waals surface area contributed by atoms with Crippen LogP contribution < -0.4 is 10.5 Å². The summed E-state index contributed by atoms with van der Waals surface area (Å²) in [5, 5.41) is 0. The van der Waals surface area contributed by atoms with Gasteiger partial charge in [0.1, 0.15) is 5.75 Å². The minimum atomic E-state index is 0.250. The summed E-state index contributed by atoms with van der Waals surface area (Å²) in [6.07, 6.45) is 6.73. The maximum absolute atomic E-state index is 5.95. The second kappa shape index (κ2) is 5.69. The van der Waals surface area contributed by atoms with Crippen molar-refractivity contribution in [3.8, 4) is 5.75 Å². The first-order valence-electron chi connectivity index (χ1n) is 5.96. The predicted octanol–water partition coefficient (Wildman–Crippen LogP) is 3.44. The fraction of sp³-hybridized carbons (Fsp3) is 0.429. The number of nitrogens with two attached hydrogens (primary N) is 1. The molecule has 1 aromatic carbocycles. The second-order valence-electron chi connectivity index (χ2n) is 4.53. The molecule has 1 aliphatic carbocycles. The molecule has 0 aliphatic heterocycles. The summed E-state index contributed by atoms with van der Waals surface area (Å²) < 4.78 is 6.24. The summed E-state index contributed by atoms with van der Waals surface area (Å²) in [4.78, 5) is 0. The van der Waals surface area contributed by atoms with E-state index < -0.39 is 0 Å². The van der Waals surface area contributed by atoms with Crippen LogP contribution in [0.15, 0.2) is 34.3 Å². The SMILES string of the molecule is COc1ccc(CC2=CC(N)CCC2)cc1Br. The molecule has 0 saturated carbocycles. The summed E-state index contributed by atoms with van der Waals surface area (Å²) >= 11 is 3.51. The molecule has 92 valence electrons. The number of ether oxygens (including phenoxy) is 1. The van der Waals surface area contributed by atoms with Gasteiger partial charge in [0.05, 0.1) is 11.6 Å². The molecular weight excluding hydrogens is 278 g/mol. The quantitative estimate of drug-likeness (QED) is 0.867. The number of benzene rings is 1. The Kier molecular flexibility index (Phi) is 4.24. The van der Waals surface area contributed by atoms with E-state index >= 15 is 0 Å². The van der Waals surface area contributed by atoms with Crippen molar-refractivity contribution in [3.63, 3.8) is 0 Å². The van der Waals surface area contributed by atoms with Crippen molar-refractivity contribution in [1.29, 1.82) is 0 Å². The summed E-state index contributed by atoms with van der Waals surface area (Å²) in [5.41, 5.74) is 8.71. The topological polar surface area (TPSA) is 35.2 Å². The molecule has 3 heteroatoms. The number of allylic oxidation sites excluding steroid dienone is 1. The van der Waals surface area contributed by atoms with Crippen molar-refractivity contribution in [2.75, 3.05) is 7.11 Å². The molecule has 0 saturated heterocycles. The van der Waals surface area contributed by atoms with E-state index in [2.05, 4.69) is 34.1 Å². The fourth-order valence-corrected chi connectivity index (χ4v) is 2.85. The predicted molar refractivity (Wildman–Crippen MR) is 74.3 cm³/mol. The van der Waals surface area contributed by atoms with E-state index in [0.717, 1.165) is 23.1 Å². The van der Waals surface area contributed by atoms with Gasteiger partial charge in [0.15, 0.2) is 0 Å². The molecule has 0 heterocycles. The molecule has 1 atom stereocenters. The van der Waals surface area contributed by atoms with Gasteiger partial charge in [-0.1, -0.05) is 17.7 Å². The first-order valence-corrected chi connectivity index (χ1v) is 6.76. The Morgan fingerprint density at radius 1 is 1.47 bits per heavy atom. The lowest BCUT2D eigenvalue weighted by Gasteiger charge is -2.18. The van der Waals surface area contributed by atoms with Gasteiger partial charge in [-0.05, 0) is 59.3 Å². The molecular formula is C14H18BrNO. The maximum atomic E-state index is 5.95. The number of rotatable bonds is 3. The highest BCUT2D eigenvalue weighted by Gasteiger charge is 2.11. The number of hydrogen-bond donors (Lipinski definition) is 1. The molecule has 0 fully saturated rings. The fourth-order valence-electron chi connectivity index (χ4n) is 2.26. The van der Waals surface area contributed by atoms with Gasteiger partial charge >= 0.3 is 0 Å². The molecule has 1 aliphatic rings. The third-order valence-corrected chi connectivity index (χ3v) is 3.75. The van der Waals surface area contributed by atoms with E-state index in [-0.39, 0.29) is 6.04 Å². The van der Waals surface area contributed by atoms with Crippen LogP contribution >= 0.6 is 15.9 Å². The van der Waals surface area contributed by atoms with Crippen LogP contribution in [0.1, 0.15) is 24.8 Å². The van der Waals surface area contributed by atoms with Crippen LogP contribution in [-0.2, 0) is 6.42 Å². The van der Waals surface area contributed by atoms with E-state index in [9.17, 15) is 0 Å². The first-order chi connectivity index (χ1) is 8.19. The van der Waals surface area contributed by atoms with Crippen LogP contribution in [0.5, 0.6) is 5.75 Å². The van der Waals surface area contributed by atoms with E-state index in [4.69, 9.17) is 10.5 Å². The maximum Gasteiger partial charge on any atom is 0.133 e. The van der Waals surface area contributed by atoms with Crippen LogP contribution in [0.2, 0.25) is 0 Å². The lowest BCUT2D eigenvalue weighted by molar-refractivity contribution is 0.412. The zero-order chi connectivity index (χ0) is 12.3. The molecule has 2 nitrogen and oxygen atoms in total. The van der Waals surface area contributed by atoms with Crippen molar-refractivity contribution in [2.45, 2.75) is 31.7 Å². The molecule has 1 unspecified atom stereocenters. The molecule has 17 heavy (non-hydrogen) atoms. The Hall–Kier alpha value is -0.800. The third-order valence-electron chi connectivity index (χ3n) is 3.13. The molecule has 1 aromatic rings. The van der Waals surface area contributed by atoms with Crippen molar-refractivity contribution in [2.24, 2.45) is 5.73 Å². The molecule has 0 bridgehead atoms. The highest BCUT2D eigenvalue weighted by molar-refractivity contribution is 9.10. The van der Waals surface area contributed by atoms with E-state index in [1.807, 2.05) is 6.07 Å². The number of hydrogen-bond acceptors (Lipinski definition) is 2. The highest BCUT2D eigenvalue weighted by Crippen LogP contribution is 2.28. The Morgan fingerprint density at radius 3 is 2.94 bits per heavy atom. The standard InChI is InChI=1S/C14H18BrNO/c1-17-14-6-5-11(9-13(14)15)7-10-3-2-4-12(16)8-10/h5-6,8-9,12H,2-4,7,16H2,1H3. The van der Waals surface area contributed by atoms with Crippen molar-refractivity contribution < 1.29 is 4.74 Å². The van der Waals surface area contributed by atoms with E-state index in [1.54, 1.807) is 7.11 Å².